The fourth-order valence-corrected chi connectivity index (χ4v) is 2.23. The molecule has 0 amide bonds. The number of rotatable bonds is 5. The van der Waals surface area contributed by atoms with Gasteiger partial charge in [-0.1, -0.05) is 30.3 Å². The van der Waals surface area contributed by atoms with Crippen molar-refractivity contribution >= 4 is 5.97 Å². The van der Waals surface area contributed by atoms with Crippen LogP contribution >= 0.6 is 0 Å². The number of hydrogen-bond acceptors (Lipinski definition) is 3. The van der Waals surface area contributed by atoms with Crippen LogP contribution in [0.25, 0.3) is 0 Å². The Kier molecular flexibility index (Phi) is 4.61. The minimum atomic E-state index is -0.243. The van der Waals surface area contributed by atoms with Crippen LogP contribution in [-0.4, -0.2) is 18.7 Å². The zero-order valence-corrected chi connectivity index (χ0v) is 11.5. The van der Waals surface area contributed by atoms with E-state index in [1.165, 1.54) is 5.56 Å². The van der Waals surface area contributed by atoms with Crippen molar-refractivity contribution < 1.29 is 14.3 Å². The third kappa shape index (κ3) is 3.60. The molecule has 0 N–H and O–H groups in total. The largest absolute Gasteiger partial charge is 0.498 e. The summed E-state index contributed by atoms with van der Waals surface area (Å²) < 4.78 is 10.9. The van der Waals surface area contributed by atoms with Crippen LogP contribution in [0.15, 0.2) is 41.7 Å². The molecular formula is C16H20O3. The Morgan fingerprint density at radius 1 is 1.32 bits per heavy atom. The van der Waals surface area contributed by atoms with E-state index in [4.69, 9.17) is 9.47 Å². The van der Waals surface area contributed by atoms with Crippen LogP contribution in [0.3, 0.4) is 0 Å². The Hall–Kier alpha value is -1.77. The van der Waals surface area contributed by atoms with Crippen molar-refractivity contribution in [3.8, 4) is 0 Å². The fourth-order valence-electron chi connectivity index (χ4n) is 2.23. The van der Waals surface area contributed by atoms with Crippen molar-refractivity contribution in [1.29, 1.82) is 0 Å². The zero-order chi connectivity index (χ0) is 13.7. The highest BCUT2D eigenvalue weighted by molar-refractivity contribution is 5.89. The van der Waals surface area contributed by atoms with E-state index in [9.17, 15) is 4.79 Å². The summed E-state index contributed by atoms with van der Waals surface area (Å²) in [6.45, 7) is 4.28. The minimum absolute atomic E-state index is 0.0713. The van der Waals surface area contributed by atoms with Gasteiger partial charge in [-0.2, -0.15) is 0 Å². The van der Waals surface area contributed by atoms with Gasteiger partial charge in [0, 0.05) is 6.42 Å². The Morgan fingerprint density at radius 2 is 2.05 bits per heavy atom. The SMILES string of the molecule is CCOC1=C(C)C(=O)OC(CCc2ccccc2)C1. The van der Waals surface area contributed by atoms with E-state index >= 15 is 0 Å². The number of cyclic esters (lactones) is 1. The van der Waals surface area contributed by atoms with E-state index in [1.54, 1.807) is 6.92 Å². The molecule has 1 heterocycles. The van der Waals surface area contributed by atoms with Gasteiger partial charge in [0.25, 0.3) is 0 Å². The number of carbonyl (C=O) groups excluding carboxylic acids is 1. The maximum absolute atomic E-state index is 11.7. The molecule has 0 saturated heterocycles. The number of esters is 1. The highest BCUT2D eigenvalue weighted by atomic mass is 16.6. The Balaban J connectivity index is 1.94. The summed E-state index contributed by atoms with van der Waals surface area (Å²) in [5.74, 6) is 0.546. The number of hydrogen-bond donors (Lipinski definition) is 0. The van der Waals surface area contributed by atoms with Gasteiger partial charge in [0.2, 0.25) is 0 Å². The summed E-state index contributed by atoms with van der Waals surface area (Å²) >= 11 is 0. The van der Waals surface area contributed by atoms with Crippen LogP contribution in [0.4, 0.5) is 0 Å². The summed E-state index contributed by atoms with van der Waals surface area (Å²) in [4.78, 5) is 11.7. The van der Waals surface area contributed by atoms with E-state index < -0.39 is 0 Å². The molecule has 1 aromatic rings. The van der Waals surface area contributed by atoms with E-state index in [1.807, 2.05) is 25.1 Å². The molecule has 1 atom stereocenters. The van der Waals surface area contributed by atoms with Crippen LogP contribution in [-0.2, 0) is 20.7 Å². The van der Waals surface area contributed by atoms with Crippen LogP contribution in [0.2, 0.25) is 0 Å². The molecule has 19 heavy (non-hydrogen) atoms. The molecule has 3 heteroatoms. The van der Waals surface area contributed by atoms with Gasteiger partial charge in [-0.15, -0.1) is 0 Å². The molecule has 1 aromatic carbocycles. The van der Waals surface area contributed by atoms with Crippen molar-refractivity contribution in [2.24, 2.45) is 0 Å². The standard InChI is InChI=1S/C16H20O3/c1-3-18-15-11-14(19-16(17)12(15)2)10-9-13-7-5-4-6-8-13/h4-8,14H,3,9-11H2,1-2H3. The maximum atomic E-state index is 11.7. The highest BCUT2D eigenvalue weighted by Crippen LogP contribution is 2.25. The Bertz CT molecular complexity index is 462. The smallest absolute Gasteiger partial charge is 0.337 e. The van der Waals surface area contributed by atoms with E-state index in [2.05, 4.69) is 12.1 Å². The topological polar surface area (TPSA) is 35.5 Å². The molecular weight excluding hydrogens is 240 g/mol. The lowest BCUT2D eigenvalue weighted by Gasteiger charge is -2.25. The first-order chi connectivity index (χ1) is 9.20. The molecule has 0 spiro atoms. The van der Waals surface area contributed by atoms with E-state index in [0.29, 0.717) is 18.6 Å². The number of benzene rings is 1. The van der Waals surface area contributed by atoms with Crippen molar-refractivity contribution in [3.63, 3.8) is 0 Å². The van der Waals surface area contributed by atoms with Gasteiger partial charge in [0.15, 0.2) is 0 Å². The van der Waals surface area contributed by atoms with Gasteiger partial charge in [0.05, 0.1) is 12.2 Å². The molecule has 1 unspecified atom stereocenters. The first-order valence-electron chi connectivity index (χ1n) is 6.78. The third-order valence-corrected chi connectivity index (χ3v) is 3.33. The average molecular weight is 260 g/mol. The van der Waals surface area contributed by atoms with Crippen molar-refractivity contribution in [3.05, 3.63) is 47.2 Å². The van der Waals surface area contributed by atoms with Gasteiger partial charge < -0.3 is 9.47 Å². The summed E-state index contributed by atoms with van der Waals surface area (Å²) in [6, 6.07) is 10.2. The van der Waals surface area contributed by atoms with Gasteiger partial charge in [0.1, 0.15) is 11.9 Å². The quantitative estimate of drug-likeness (QED) is 0.762. The van der Waals surface area contributed by atoms with Crippen LogP contribution < -0.4 is 0 Å². The van der Waals surface area contributed by atoms with Crippen molar-refractivity contribution in [1.82, 2.24) is 0 Å². The summed E-state index contributed by atoms with van der Waals surface area (Å²) in [7, 11) is 0. The summed E-state index contributed by atoms with van der Waals surface area (Å²) in [5, 5.41) is 0. The minimum Gasteiger partial charge on any atom is -0.498 e. The first-order valence-corrected chi connectivity index (χ1v) is 6.78. The van der Waals surface area contributed by atoms with Crippen molar-refractivity contribution in [2.75, 3.05) is 6.61 Å². The normalized spacial score (nSPS) is 19.3. The molecule has 2 rings (SSSR count). The fraction of sp³-hybridized carbons (Fsp3) is 0.438. The van der Waals surface area contributed by atoms with Crippen LogP contribution in [0.5, 0.6) is 0 Å². The molecule has 3 nitrogen and oxygen atoms in total. The average Bonchev–Trinajstić information content (AvgIpc) is 2.43. The van der Waals surface area contributed by atoms with Crippen LogP contribution in [0.1, 0.15) is 32.3 Å². The molecule has 0 aromatic heterocycles. The second kappa shape index (κ2) is 6.41. The van der Waals surface area contributed by atoms with Crippen LogP contribution in [0, 0.1) is 0 Å². The molecule has 0 saturated carbocycles. The second-order valence-electron chi connectivity index (χ2n) is 4.74. The molecule has 0 bridgehead atoms. The lowest BCUT2D eigenvalue weighted by molar-refractivity contribution is -0.147. The van der Waals surface area contributed by atoms with E-state index in [-0.39, 0.29) is 12.1 Å². The lowest BCUT2D eigenvalue weighted by atomic mass is 10.0. The zero-order valence-electron chi connectivity index (χ0n) is 11.5. The Morgan fingerprint density at radius 3 is 2.74 bits per heavy atom. The molecule has 102 valence electrons. The van der Waals surface area contributed by atoms with Gasteiger partial charge >= 0.3 is 5.97 Å². The Labute approximate surface area is 114 Å². The number of carbonyl (C=O) groups is 1. The lowest BCUT2D eigenvalue weighted by Crippen LogP contribution is -2.27. The second-order valence-corrected chi connectivity index (χ2v) is 4.74. The van der Waals surface area contributed by atoms with Gasteiger partial charge in [-0.05, 0) is 32.3 Å². The molecule has 1 aliphatic rings. The number of ether oxygens (including phenoxy) is 2. The molecule has 1 aliphatic heterocycles. The molecule has 0 aliphatic carbocycles. The predicted octanol–water partition coefficient (Wildman–Crippen LogP) is 3.25. The third-order valence-electron chi connectivity index (χ3n) is 3.33. The highest BCUT2D eigenvalue weighted by Gasteiger charge is 2.27. The number of aryl methyl sites for hydroxylation is 1. The molecule has 0 radical (unpaired) electrons. The summed E-state index contributed by atoms with van der Waals surface area (Å²) in [6.07, 6.45) is 2.37. The predicted molar refractivity (Wildman–Crippen MR) is 73.6 cm³/mol. The van der Waals surface area contributed by atoms with Crippen molar-refractivity contribution in [2.45, 2.75) is 39.2 Å². The maximum Gasteiger partial charge on any atom is 0.337 e. The summed E-state index contributed by atoms with van der Waals surface area (Å²) in [5.41, 5.74) is 1.88. The van der Waals surface area contributed by atoms with Gasteiger partial charge in [-0.3, -0.25) is 0 Å². The first kappa shape index (κ1) is 13.7. The molecule has 0 fully saturated rings. The van der Waals surface area contributed by atoms with E-state index in [0.717, 1.165) is 18.6 Å². The monoisotopic (exact) mass is 260 g/mol. The van der Waals surface area contributed by atoms with Gasteiger partial charge in [-0.25, -0.2) is 4.79 Å².